The molecule has 1 amide bonds. The second-order valence-electron chi connectivity index (χ2n) is 7.38. The number of rotatable bonds is 4. The van der Waals surface area contributed by atoms with E-state index in [0.29, 0.717) is 28.8 Å². The Morgan fingerprint density at radius 2 is 1.88 bits per heavy atom. The van der Waals surface area contributed by atoms with Crippen molar-refractivity contribution in [1.82, 2.24) is 24.1 Å². The molecule has 0 saturated heterocycles. The van der Waals surface area contributed by atoms with Gasteiger partial charge in [-0.05, 0) is 43.3 Å². The molecule has 1 atom stereocenters. The number of hydrazone groups is 1. The average molecular weight is 434 g/mol. The molecule has 0 saturated carbocycles. The first kappa shape index (κ1) is 19.7. The third-order valence-electron chi connectivity index (χ3n) is 5.22. The molecule has 0 spiro atoms. The fourth-order valence-corrected chi connectivity index (χ4v) is 3.61. The highest BCUT2D eigenvalue weighted by molar-refractivity contribution is 5.89. The number of amides is 1. The fraction of sp³-hybridized carbons (Fsp3) is 0.190. The first-order chi connectivity index (χ1) is 15.3. The predicted molar refractivity (Wildman–Crippen MR) is 115 cm³/mol. The largest absolute Gasteiger partial charge is 0.445 e. The summed E-state index contributed by atoms with van der Waals surface area (Å²) < 4.78 is 22.3. The second kappa shape index (κ2) is 7.15. The Hall–Kier alpha value is -4.28. The minimum atomic E-state index is -1.07. The molecule has 0 radical (unpaired) electrons. The summed E-state index contributed by atoms with van der Waals surface area (Å²) in [5.41, 5.74) is 8.87. The Labute approximate surface area is 181 Å². The number of nitrogens with zero attached hydrogens (tertiary/aromatic N) is 7. The van der Waals surface area contributed by atoms with Crippen LogP contribution in [0.3, 0.4) is 0 Å². The van der Waals surface area contributed by atoms with Crippen molar-refractivity contribution in [2.24, 2.45) is 17.9 Å². The smallest absolute Gasteiger partial charge is 0.282 e. The third-order valence-corrected chi connectivity index (χ3v) is 5.22. The standard InChI is InChI=1S/C21H19FN8O2/c1-11-24-18(13-4-6-14(22)7-5-13)19(28(11)3)15-8-9-16-25-17(10-29(16)27-15)30-21(20(23)31)32-12(2)26-30/h4-10,21H,1-3H3,(H2,23,31). The molecule has 11 heteroatoms. The number of hydrogen-bond acceptors (Lipinski definition) is 7. The molecule has 10 nitrogen and oxygen atoms in total. The molecule has 4 heterocycles. The van der Waals surface area contributed by atoms with Crippen LogP contribution in [-0.2, 0) is 16.6 Å². The quantitative estimate of drug-likeness (QED) is 0.527. The van der Waals surface area contributed by atoms with Gasteiger partial charge in [0.05, 0.1) is 17.6 Å². The van der Waals surface area contributed by atoms with E-state index in [1.54, 1.807) is 35.8 Å². The molecule has 1 aliphatic heterocycles. The number of fused-ring (bicyclic) bond motifs is 1. The molecule has 0 bridgehead atoms. The summed E-state index contributed by atoms with van der Waals surface area (Å²) in [4.78, 5) is 20.9. The van der Waals surface area contributed by atoms with E-state index in [0.717, 1.165) is 17.1 Å². The van der Waals surface area contributed by atoms with Gasteiger partial charge in [-0.1, -0.05) is 0 Å². The average Bonchev–Trinajstić information content (AvgIpc) is 3.43. The van der Waals surface area contributed by atoms with E-state index in [4.69, 9.17) is 15.6 Å². The van der Waals surface area contributed by atoms with E-state index in [-0.39, 0.29) is 5.82 Å². The van der Waals surface area contributed by atoms with Gasteiger partial charge in [-0.25, -0.2) is 18.9 Å². The molecule has 1 aromatic carbocycles. The van der Waals surface area contributed by atoms with Gasteiger partial charge in [0.15, 0.2) is 11.5 Å². The minimum Gasteiger partial charge on any atom is -0.445 e. The van der Waals surface area contributed by atoms with E-state index < -0.39 is 12.1 Å². The third kappa shape index (κ3) is 3.14. The number of carbonyl (C=O) groups excluding carboxylic acids is 1. The summed E-state index contributed by atoms with van der Waals surface area (Å²) in [7, 11) is 1.90. The topological polar surface area (TPSA) is 116 Å². The maximum atomic E-state index is 13.4. The van der Waals surface area contributed by atoms with Crippen LogP contribution >= 0.6 is 0 Å². The van der Waals surface area contributed by atoms with Crippen LogP contribution < -0.4 is 10.7 Å². The Kier molecular flexibility index (Phi) is 4.40. The van der Waals surface area contributed by atoms with Gasteiger partial charge in [0.2, 0.25) is 5.90 Å². The maximum Gasteiger partial charge on any atom is 0.282 e. The zero-order valence-corrected chi connectivity index (χ0v) is 17.5. The maximum absolute atomic E-state index is 13.4. The summed E-state index contributed by atoms with van der Waals surface area (Å²) in [6, 6.07) is 9.80. The summed E-state index contributed by atoms with van der Waals surface area (Å²) in [6.45, 7) is 3.52. The first-order valence-corrected chi connectivity index (χ1v) is 9.78. The van der Waals surface area contributed by atoms with Crippen LogP contribution in [0.15, 0.2) is 47.7 Å². The molecule has 3 aromatic heterocycles. The highest BCUT2D eigenvalue weighted by Gasteiger charge is 2.33. The molecule has 1 unspecified atom stereocenters. The van der Waals surface area contributed by atoms with Crippen LogP contribution in [0.2, 0.25) is 0 Å². The Morgan fingerprint density at radius 1 is 1.12 bits per heavy atom. The minimum absolute atomic E-state index is 0.313. The van der Waals surface area contributed by atoms with Gasteiger partial charge in [0.1, 0.15) is 17.3 Å². The van der Waals surface area contributed by atoms with Crippen molar-refractivity contribution < 1.29 is 13.9 Å². The molecular formula is C21H19FN8O2. The Balaban J connectivity index is 1.60. The summed E-state index contributed by atoms with van der Waals surface area (Å²) >= 11 is 0. The van der Waals surface area contributed by atoms with Gasteiger partial charge < -0.3 is 15.0 Å². The molecular weight excluding hydrogens is 415 g/mol. The molecule has 0 aliphatic carbocycles. The van der Waals surface area contributed by atoms with Gasteiger partial charge in [-0.3, -0.25) is 4.79 Å². The Bertz CT molecular complexity index is 1390. The number of hydrogen-bond donors (Lipinski definition) is 1. The molecule has 162 valence electrons. The van der Waals surface area contributed by atoms with Crippen molar-refractivity contribution in [3.63, 3.8) is 0 Å². The highest BCUT2D eigenvalue weighted by Crippen LogP contribution is 2.32. The molecule has 0 fully saturated rings. The van der Waals surface area contributed by atoms with Crippen LogP contribution in [0.4, 0.5) is 10.2 Å². The van der Waals surface area contributed by atoms with Crippen LogP contribution in [0.5, 0.6) is 0 Å². The predicted octanol–water partition coefficient (Wildman–Crippen LogP) is 2.23. The lowest BCUT2D eigenvalue weighted by atomic mass is 10.1. The van der Waals surface area contributed by atoms with Gasteiger partial charge >= 0.3 is 0 Å². The zero-order valence-electron chi connectivity index (χ0n) is 17.5. The SMILES string of the molecule is CC1=NN(c2cn3nc(-c4c(-c5ccc(F)cc5)nc(C)n4C)ccc3n2)C(C(N)=O)O1. The van der Waals surface area contributed by atoms with Crippen molar-refractivity contribution in [3.8, 4) is 22.6 Å². The Morgan fingerprint density at radius 3 is 2.59 bits per heavy atom. The van der Waals surface area contributed by atoms with Crippen molar-refractivity contribution >= 4 is 23.3 Å². The number of carbonyl (C=O) groups is 1. The number of ether oxygens (including phenoxy) is 1. The van der Waals surface area contributed by atoms with Crippen LogP contribution in [0.1, 0.15) is 12.7 Å². The molecule has 2 N–H and O–H groups in total. The lowest BCUT2D eigenvalue weighted by Gasteiger charge is -2.15. The highest BCUT2D eigenvalue weighted by atomic mass is 19.1. The van der Waals surface area contributed by atoms with Crippen LogP contribution in [0.25, 0.3) is 28.3 Å². The monoisotopic (exact) mass is 434 g/mol. The van der Waals surface area contributed by atoms with E-state index >= 15 is 0 Å². The number of aryl methyl sites for hydroxylation is 1. The zero-order chi connectivity index (χ0) is 22.6. The lowest BCUT2D eigenvalue weighted by molar-refractivity contribution is -0.124. The van der Waals surface area contributed by atoms with Crippen LogP contribution in [-0.4, -0.2) is 42.2 Å². The van der Waals surface area contributed by atoms with Gasteiger partial charge in [-0.15, -0.1) is 5.10 Å². The van der Waals surface area contributed by atoms with Crippen molar-refractivity contribution in [2.75, 3.05) is 5.01 Å². The fourth-order valence-electron chi connectivity index (χ4n) is 3.61. The molecule has 5 rings (SSSR count). The number of halogens is 1. The van der Waals surface area contributed by atoms with E-state index in [9.17, 15) is 9.18 Å². The van der Waals surface area contributed by atoms with Crippen molar-refractivity contribution in [2.45, 2.75) is 20.1 Å². The van der Waals surface area contributed by atoms with E-state index in [2.05, 4.69) is 15.1 Å². The van der Waals surface area contributed by atoms with E-state index in [1.165, 1.54) is 17.1 Å². The number of anilines is 1. The number of benzene rings is 1. The molecule has 4 aromatic rings. The molecule has 32 heavy (non-hydrogen) atoms. The first-order valence-electron chi connectivity index (χ1n) is 9.78. The number of aromatic nitrogens is 5. The summed E-state index contributed by atoms with van der Waals surface area (Å²) in [5, 5.41) is 10.2. The van der Waals surface area contributed by atoms with Crippen LogP contribution in [0, 0.1) is 12.7 Å². The van der Waals surface area contributed by atoms with Crippen molar-refractivity contribution in [1.29, 1.82) is 0 Å². The van der Waals surface area contributed by atoms with Gasteiger partial charge in [0.25, 0.3) is 12.1 Å². The lowest BCUT2D eigenvalue weighted by Crippen LogP contribution is -2.40. The number of primary amides is 1. The summed E-state index contributed by atoms with van der Waals surface area (Å²) in [5.74, 6) is 0.483. The van der Waals surface area contributed by atoms with E-state index in [1.807, 2.05) is 24.6 Å². The van der Waals surface area contributed by atoms with Gasteiger partial charge in [-0.2, -0.15) is 10.1 Å². The number of nitrogens with two attached hydrogens (primary N) is 1. The van der Waals surface area contributed by atoms with Gasteiger partial charge in [0, 0.05) is 19.5 Å². The number of imidazole rings is 2. The molecule has 1 aliphatic rings. The second-order valence-corrected chi connectivity index (χ2v) is 7.38. The summed E-state index contributed by atoms with van der Waals surface area (Å²) in [6.07, 6.45) is 0.574. The van der Waals surface area contributed by atoms with Crippen molar-refractivity contribution in [3.05, 3.63) is 54.2 Å². The normalized spacial score (nSPS) is 15.8.